The van der Waals surface area contributed by atoms with Crippen molar-refractivity contribution in [3.8, 4) is 0 Å². The minimum absolute atomic E-state index is 0.485. The van der Waals surface area contributed by atoms with Gasteiger partial charge in [-0.15, -0.1) is 0 Å². The maximum atomic E-state index is 9.50. The van der Waals surface area contributed by atoms with Crippen LogP contribution < -0.4 is 17.4 Å². The van der Waals surface area contributed by atoms with E-state index in [1.165, 1.54) is 6.92 Å². The predicted octanol–water partition coefficient (Wildman–Crippen LogP) is -4.05. The van der Waals surface area contributed by atoms with Crippen molar-refractivity contribution in [1.82, 2.24) is 0 Å². The highest BCUT2D eigenvalue weighted by molar-refractivity contribution is 4.96. The molecule has 1 fully saturated rings. The second kappa shape index (κ2) is 5.68. The first-order valence-electron chi connectivity index (χ1n) is 4.36. The van der Waals surface area contributed by atoms with Crippen molar-refractivity contribution in [2.75, 3.05) is 6.61 Å². The van der Waals surface area contributed by atoms with E-state index < -0.39 is 36.7 Å². The molecule has 1 aliphatic rings. The Balaban J connectivity index is 0.000000921. The topological polar surface area (TPSA) is 168 Å². The SMILES string of the molecule is CC1(O)O[C@H](CO)[C@@H](O)[C@H](O)[C@H]1N.NN. The van der Waals surface area contributed by atoms with Gasteiger partial charge in [0, 0.05) is 0 Å². The molecule has 1 saturated heterocycles. The molecule has 1 aliphatic heterocycles. The van der Waals surface area contributed by atoms with Crippen molar-refractivity contribution in [3.63, 3.8) is 0 Å². The lowest BCUT2D eigenvalue weighted by atomic mass is 9.92. The molecule has 8 heteroatoms. The van der Waals surface area contributed by atoms with Gasteiger partial charge in [0.05, 0.1) is 12.6 Å². The minimum Gasteiger partial charge on any atom is -0.394 e. The molecule has 0 aromatic carbocycles. The van der Waals surface area contributed by atoms with Gasteiger partial charge in [-0.3, -0.25) is 11.7 Å². The van der Waals surface area contributed by atoms with Gasteiger partial charge >= 0.3 is 0 Å². The van der Waals surface area contributed by atoms with E-state index in [2.05, 4.69) is 11.7 Å². The number of hydrazine groups is 1. The Morgan fingerprint density at radius 2 is 1.73 bits per heavy atom. The quantitative estimate of drug-likeness (QED) is 0.175. The zero-order chi connectivity index (χ0) is 12.2. The average Bonchev–Trinajstić information content (AvgIpc) is 2.24. The lowest BCUT2D eigenvalue weighted by Gasteiger charge is -2.44. The average molecular weight is 225 g/mol. The van der Waals surface area contributed by atoms with Crippen LogP contribution in [0.2, 0.25) is 0 Å². The molecule has 1 unspecified atom stereocenters. The molecule has 8 nitrogen and oxygen atoms in total. The Hall–Kier alpha value is -0.320. The van der Waals surface area contributed by atoms with Crippen molar-refractivity contribution in [3.05, 3.63) is 0 Å². The first kappa shape index (κ1) is 14.7. The molecular formula is C7H19N3O5. The summed E-state index contributed by atoms with van der Waals surface area (Å²) in [4.78, 5) is 0. The maximum Gasteiger partial charge on any atom is 0.181 e. The van der Waals surface area contributed by atoms with Crippen LogP contribution in [0.15, 0.2) is 0 Å². The van der Waals surface area contributed by atoms with Crippen LogP contribution >= 0.6 is 0 Å². The third kappa shape index (κ3) is 3.06. The summed E-state index contributed by atoms with van der Waals surface area (Å²) in [6.45, 7) is 0.788. The lowest BCUT2D eigenvalue weighted by Crippen LogP contribution is -2.67. The van der Waals surface area contributed by atoms with Gasteiger partial charge in [0.15, 0.2) is 5.79 Å². The van der Waals surface area contributed by atoms with Gasteiger partial charge in [-0.1, -0.05) is 0 Å². The van der Waals surface area contributed by atoms with Crippen molar-refractivity contribution in [1.29, 1.82) is 0 Å². The highest BCUT2D eigenvalue weighted by atomic mass is 16.6. The summed E-state index contributed by atoms with van der Waals surface area (Å²) < 4.78 is 4.89. The number of aliphatic hydroxyl groups is 4. The van der Waals surface area contributed by atoms with Gasteiger partial charge in [0.2, 0.25) is 0 Å². The van der Waals surface area contributed by atoms with Crippen molar-refractivity contribution >= 4 is 0 Å². The largest absolute Gasteiger partial charge is 0.394 e. The first-order chi connectivity index (χ1) is 6.90. The van der Waals surface area contributed by atoms with Crippen LogP contribution in [0, 0.1) is 0 Å². The standard InChI is InChI=1S/C7H15NO5.H4N2/c1-7(12)6(8)5(11)4(10)3(2-9)13-7;1-2/h3-6,9-12H,2,8H2,1H3;1-2H2/t3-,4-,5+,6-,7?;/m1./s1. The van der Waals surface area contributed by atoms with E-state index in [4.69, 9.17) is 15.6 Å². The van der Waals surface area contributed by atoms with Crippen LogP contribution in [0.4, 0.5) is 0 Å². The van der Waals surface area contributed by atoms with E-state index in [9.17, 15) is 15.3 Å². The number of ether oxygens (including phenoxy) is 1. The molecular weight excluding hydrogens is 206 g/mol. The van der Waals surface area contributed by atoms with Gasteiger partial charge in [0.25, 0.3) is 0 Å². The maximum absolute atomic E-state index is 9.50. The Labute approximate surface area is 87.2 Å². The highest BCUT2D eigenvalue weighted by Gasteiger charge is 2.48. The molecule has 15 heavy (non-hydrogen) atoms. The van der Waals surface area contributed by atoms with E-state index in [0.29, 0.717) is 0 Å². The molecule has 0 aromatic rings. The van der Waals surface area contributed by atoms with Crippen LogP contribution in [-0.4, -0.2) is 57.2 Å². The number of aliphatic hydroxyl groups excluding tert-OH is 3. The number of hydrogen-bond donors (Lipinski definition) is 7. The Morgan fingerprint density at radius 3 is 2.13 bits per heavy atom. The molecule has 0 radical (unpaired) electrons. The lowest BCUT2D eigenvalue weighted by molar-refractivity contribution is -0.305. The fraction of sp³-hybridized carbons (Fsp3) is 1.00. The van der Waals surface area contributed by atoms with E-state index in [1.807, 2.05) is 0 Å². The molecule has 0 aromatic heterocycles. The summed E-state index contributed by atoms with van der Waals surface area (Å²) >= 11 is 0. The van der Waals surface area contributed by atoms with Crippen molar-refractivity contribution in [2.24, 2.45) is 17.4 Å². The summed E-state index contributed by atoms with van der Waals surface area (Å²) in [5.41, 5.74) is 5.40. The molecule has 1 rings (SSSR count). The van der Waals surface area contributed by atoms with E-state index in [1.54, 1.807) is 0 Å². The van der Waals surface area contributed by atoms with Gasteiger partial charge in [0.1, 0.15) is 18.3 Å². The zero-order valence-electron chi connectivity index (χ0n) is 8.45. The minimum atomic E-state index is -1.73. The molecule has 0 spiro atoms. The fourth-order valence-corrected chi connectivity index (χ4v) is 1.35. The summed E-state index contributed by atoms with van der Waals surface area (Å²) in [5, 5.41) is 36.9. The van der Waals surface area contributed by atoms with Crippen LogP contribution in [0.25, 0.3) is 0 Å². The van der Waals surface area contributed by atoms with E-state index >= 15 is 0 Å². The molecule has 5 atom stereocenters. The van der Waals surface area contributed by atoms with Crippen molar-refractivity contribution in [2.45, 2.75) is 37.1 Å². The van der Waals surface area contributed by atoms with Gasteiger partial charge in [-0.2, -0.15) is 0 Å². The van der Waals surface area contributed by atoms with E-state index in [-0.39, 0.29) is 0 Å². The number of nitrogens with two attached hydrogens (primary N) is 3. The van der Waals surface area contributed by atoms with Gasteiger partial charge in [-0.05, 0) is 6.92 Å². The summed E-state index contributed by atoms with van der Waals surface area (Å²) in [5.74, 6) is 6.27. The van der Waals surface area contributed by atoms with Crippen LogP contribution in [0.1, 0.15) is 6.92 Å². The molecule has 1 heterocycles. The van der Waals surface area contributed by atoms with Crippen LogP contribution in [-0.2, 0) is 4.74 Å². The van der Waals surface area contributed by atoms with Gasteiger partial charge < -0.3 is 30.9 Å². The third-order valence-electron chi connectivity index (χ3n) is 2.29. The summed E-state index contributed by atoms with van der Waals surface area (Å²) in [7, 11) is 0. The first-order valence-corrected chi connectivity index (χ1v) is 4.36. The predicted molar refractivity (Wildman–Crippen MR) is 50.9 cm³/mol. The normalized spacial score (nSPS) is 45.6. The molecule has 0 bridgehead atoms. The van der Waals surface area contributed by atoms with Crippen molar-refractivity contribution < 1.29 is 25.2 Å². The number of hydrogen-bond acceptors (Lipinski definition) is 8. The second-order valence-electron chi connectivity index (χ2n) is 3.40. The Kier molecular flexibility index (Phi) is 5.56. The van der Waals surface area contributed by atoms with E-state index in [0.717, 1.165) is 0 Å². The van der Waals surface area contributed by atoms with Crippen LogP contribution in [0.3, 0.4) is 0 Å². The van der Waals surface area contributed by atoms with Crippen LogP contribution in [0.5, 0.6) is 0 Å². The monoisotopic (exact) mass is 225 g/mol. The molecule has 0 aliphatic carbocycles. The summed E-state index contributed by atoms with van der Waals surface area (Å²) in [6.07, 6.45) is -3.59. The zero-order valence-corrected chi connectivity index (χ0v) is 8.45. The smallest absolute Gasteiger partial charge is 0.181 e. The molecule has 92 valence electrons. The van der Waals surface area contributed by atoms with Gasteiger partial charge in [-0.25, -0.2) is 0 Å². The Morgan fingerprint density at radius 1 is 1.27 bits per heavy atom. The molecule has 0 saturated carbocycles. The summed E-state index contributed by atoms with van der Waals surface area (Å²) in [6, 6.07) is -1.09. The molecule has 10 N–H and O–H groups in total. The third-order valence-corrected chi connectivity index (χ3v) is 2.29. The fourth-order valence-electron chi connectivity index (χ4n) is 1.35. The highest BCUT2D eigenvalue weighted by Crippen LogP contribution is 2.25. The molecule has 0 amide bonds. The second-order valence-corrected chi connectivity index (χ2v) is 3.40. The number of rotatable bonds is 1. The Bertz CT molecular complexity index is 189.